The highest BCUT2D eigenvalue weighted by Crippen LogP contribution is 2.49. The summed E-state index contributed by atoms with van der Waals surface area (Å²) in [6.45, 7) is 2.00. The van der Waals surface area contributed by atoms with Crippen molar-refractivity contribution < 1.29 is 9.18 Å². The highest BCUT2D eigenvalue weighted by molar-refractivity contribution is 6.32. The minimum absolute atomic E-state index is 0.268. The first kappa shape index (κ1) is 21.4. The number of nitrogens with zero attached hydrogens (tertiary/aromatic N) is 9. The zero-order valence-electron chi connectivity index (χ0n) is 18.6. The van der Waals surface area contributed by atoms with Crippen LogP contribution < -0.4 is 5.32 Å². The van der Waals surface area contributed by atoms with Crippen LogP contribution in [0.1, 0.15) is 36.1 Å². The Kier molecular flexibility index (Phi) is 4.68. The minimum atomic E-state index is -0.656. The standard InChI is InChI=1S/C22H18ClFN10O/c1-22(12-8-29-32(2)11-12)7-14(15-10-25-18-6-17(24)31-33(18)19(15)22)21(35)30-13-5-16(23)20(26-9-13)34-27-3-4-28-34/h3-6,8-11,14H,7H2,1-2H3,(H,30,35)/t14-,22+/m1/s1. The lowest BCUT2D eigenvalue weighted by molar-refractivity contribution is -0.117. The van der Waals surface area contributed by atoms with Crippen molar-refractivity contribution in [2.75, 3.05) is 5.32 Å². The predicted octanol–water partition coefficient (Wildman–Crippen LogP) is 2.66. The molecule has 13 heteroatoms. The molecule has 35 heavy (non-hydrogen) atoms. The van der Waals surface area contributed by atoms with E-state index in [0.717, 1.165) is 5.56 Å². The largest absolute Gasteiger partial charge is 0.324 e. The van der Waals surface area contributed by atoms with Crippen LogP contribution in [-0.2, 0) is 17.3 Å². The van der Waals surface area contributed by atoms with Crippen molar-refractivity contribution in [2.45, 2.75) is 24.7 Å². The maximum absolute atomic E-state index is 14.1. The molecular formula is C22H18ClFN10O. The lowest BCUT2D eigenvalue weighted by Gasteiger charge is -2.24. The van der Waals surface area contributed by atoms with Crippen molar-refractivity contribution in [3.63, 3.8) is 0 Å². The van der Waals surface area contributed by atoms with Gasteiger partial charge in [-0.25, -0.2) is 14.5 Å². The number of hydrogen-bond acceptors (Lipinski definition) is 7. The van der Waals surface area contributed by atoms with Gasteiger partial charge in [-0.2, -0.15) is 19.7 Å². The van der Waals surface area contributed by atoms with Crippen LogP contribution in [0.25, 0.3) is 11.5 Å². The van der Waals surface area contributed by atoms with Crippen LogP contribution in [0, 0.1) is 5.95 Å². The lowest BCUT2D eigenvalue weighted by atomic mass is 9.80. The average Bonchev–Trinajstić information content (AvgIpc) is 3.60. The Morgan fingerprint density at radius 3 is 2.69 bits per heavy atom. The predicted molar refractivity (Wildman–Crippen MR) is 123 cm³/mol. The molecule has 0 radical (unpaired) electrons. The number of nitrogens with one attached hydrogen (secondary N) is 1. The molecule has 5 aromatic rings. The summed E-state index contributed by atoms with van der Waals surface area (Å²) in [6.07, 6.45) is 10.2. The molecule has 2 atom stereocenters. The van der Waals surface area contributed by atoms with E-state index in [4.69, 9.17) is 11.6 Å². The summed E-state index contributed by atoms with van der Waals surface area (Å²) >= 11 is 6.36. The molecular weight excluding hydrogens is 475 g/mol. The molecule has 0 bridgehead atoms. The van der Waals surface area contributed by atoms with Gasteiger partial charge in [-0.1, -0.05) is 11.6 Å². The zero-order valence-corrected chi connectivity index (χ0v) is 19.3. The molecule has 1 N–H and O–H groups in total. The number of aryl methyl sites for hydroxylation is 1. The molecule has 0 aromatic carbocycles. The molecule has 1 aliphatic rings. The van der Waals surface area contributed by atoms with Crippen molar-refractivity contribution in [3.05, 3.63) is 77.1 Å². The summed E-state index contributed by atoms with van der Waals surface area (Å²) in [5, 5.41) is 19.5. The van der Waals surface area contributed by atoms with Crippen LogP contribution in [0.5, 0.6) is 0 Å². The Morgan fingerprint density at radius 2 is 1.97 bits per heavy atom. The number of rotatable bonds is 4. The topological polar surface area (TPSA) is 121 Å². The molecule has 0 spiro atoms. The highest BCUT2D eigenvalue weighted by atomic mass is 35.5. The van der Waals surface area contributed by atoms with E-state index in [2.05, 4.69) is 35.7 Å². The first-order valence-electron chi connectivity index (χ1n) is 10.7. The summed E-state index contributed by atoms with van der Waals surface area (Å²) < 4.78 is 17.2. The van der Waals surface area contributed by atoms with Crippen molar-refractivity contribution in [2.24, 2.45) is 7.05 Å². The quantitative estimate of drug-likeness (QED) is 0.409. The molecule has 0 aliphatic heterocycles. The minimum Gasteiger partial charge on any atom is -0.324 e. The second kappa shape index (κ2) is 7.67. The highest BCUT2D eigenvalue weighted by Gasteiger charge is 2.47. The number of fused-ring (bicyclic) bond motifs is 3. The summed E-state index contributed by atoms with van der Waals surface area (Å²) in [4.78, 5) is 23.4. The van der Waals surface area contributed by atoms with Gasteiger partial charge >= 0.3 is 0 Å². The third-order valence-corrected chi connectivity index (χ3v) is 6.63. The Labute approximate surface area is 202 Å². The molecule has 1 amide bonds. The van der Waals surface area contributed by atoms with Crippen molar-refractivity contribution in [1.29, 1.82) is 0 Å². The van der Waals surface area contributed by atoms with Crippen molar-refractivity contribution in [1.82, 2.24) is 44.4 Å². The number of halogens is 2. The Bertz CT molecular complexity index is 1590. The van der Waals surface area contributed by atoms with Crippen LogP contribution in [0.4, 0.5) is 10.1 Å². The molecule has 0 saturated carbocycles. The first-order chi connectivity index (χ1) is 16.8. The number of anilines is 1. The number of pyridine rings is 1. The smallest absolute Gasteiger partial charge is 0.235 e. The number of aromatic nitrogens is 9. The molecule has 6 rings (SSSR count). The fraction of sp³-hybridized carbons (Fsp3) is 0.227. The summed E-state index contributed by atoms with van der Waals surface area (Å²) in [5.41, 5.74) is 2.40. The molecule has 0 fully saturated rings. The van der Waals surface area contributed by atoms with E-state index in [9.17, 15) is 9.18 Å². The van der Waals surface area contributed by atoms with Gasteiger partial charge in [0.1, 0.15) is 0 Å². The van der Waals surface area contributed by atoms with Crippen LogP contribution in [0.3, 0.4) is 0 Å². The molecule has 1 aliphatic carbocycles. The van der Waals surface area contributed by atoms with Gasteiger partial charge in [-0.05, 0) is 19.4 Å². The molecule has 176 valence electrons. The normalized spacial score (nSPS) is 19.3. The van der Waals surface area contributed by atoms with Crippen LogP contribution in [0.15, 0.2) is 49.3 Å². The summed E-state index contributed by atoms with van der Waals surface area (Å²) in [7, 11) is 1.82. The zero-order chi connectivity index (χ0) is 24.3. The van der Waals surface area contributed by atoms with Crippen LogP contribution >= 0.6 is 11.6 Å². The fourth-order valence-corrected chi connectivity index (χ4v) is 4.98. The molecule has 5 heterocycles. The molecule has 11 nitrogen and oxygen atoms in total. The second-order valence-corrected chi connectivity index (χ2v) is 9.04. The fourth-order valence-electron chi connectivity index (χ4n) is 4.74. The van der Waals surface area contributed by atoms with Crippen molar-refractivity contribution in [3.8, 4) is 5.82 Å². The van der Waals surface area contributed by atoms with E-state index < -0.39 is 17.3 Å². The third-order valence-electron chi connectivity index (χ3n) is 6.35. The van der Waals surface area contributed by atoms with E-state index in [1.807, 2.05) is 20.2 Å². The van der Waals surface area contributed by atoms with Gasteiger partial charge in [0.25, 0.3) is 0 Å². The monoisotopic (exact) mass is 492 g/mol. The van der Waals surface area contributed by atoms with E-state index in [-0.39, 0.29) is 10.9 Å². The van der Waals surface area contributed by atoms with E-state index in [1.165, 1.54) is 34.0 Å². The number of amides is 1. The van der Waals surface area contributed by atoms with Gasteiger partial charge in [0, 0.05) is 42.0 Å². The van der Waals surface area contributed by atoms with Gasteiger partial charge in [0.05, 0.1) is 47.1 Å². The van der Waals surface area contributed by atoms with Gasteiger partial charge in [0.15, 0.2) is 11.5 Å². The maximum atomic E-state index is 14.1. The van der Waals surface area contributed by atoms with Gasteiger partial charge in [-0.15, -0.1) is 9.90 Å². The van der Waals surface area contributed by atoms with E-state index >= 15 is 0 Å². The average molecular weight is 493 g/mol. The Morgan fingerprint density at radius 1 is 1.17 bits per heavy atom. The van der Waals surface area contributed by atoms with E-state index in [1.54, 1.807) is 23.1 Å². The number of carbonyl (C=O) groups excluding carboxylic acids is 1. The van der Waals surface area contributed by atoms with Gasteiger partial charge in [0.2, 0.25) is 11.9 Å². The third kappa shape index (κ3) is 3.36. The number of hydrogen-bond donors (Lipinski definition) is 1. The number of carbonyl (C=O) groups is 1. The van der Waals surface area contributed by atoms with Crippen molar-refractivity contribution >= 4 is 28.8 Å². The van der Waals surface area contributed by atoms with Crippen LogP contribution in [-0.4, -0.2) is 50.3 Å². The Hall–Kier alpha value is -4.19. The molecule has 0 unspecified atom stereocenters. The Balaban J connectivity index is 1.38. The first-order valence-corrected chi connectivity index (χ1v) is 11.1. The SMILES string of the molecule is Cn1cc([C@]2(C)C[C@@H](C(=O)Nc3cnc(-n4nccn4)c(Cl)c3)c3cnc4cc(F)nn4c32)cn1. The van der Waals surface area contributed by atoms with Crippen LogP contribution in [0.2, 0.25) is 5.02 Å². The maximum Gasteiger partial charge on any atom is 0.235 e. The van der Waals surface area contributed by atoms with Gasteiger partial charge < -0.3 is 5.32 Å². The second-order valence-electron chi connectivity index (χ2n) is 8.63. The molecule has 5 aromatic heterocycles. The summed E-state index contributed by atoms with van der Waals surface area (Å²) in [6, 6.07) is 2.85. The van der Waals surface area contributed by atoms with Gasteiger partial charge in [-0.3, -0.25) is 9.48 Å². The van der Waals surface area contributed by atoms with E-state index in [0.29, 0.717) is 34.8 Å². The molecule has 0 saturated heterocycles. The lowest BCUT2D eigenvalue weighted by Crippen LogP contribution is -2.25. The summed E-state index contributed by atoms with van der Waals surface area (Å²) in [5.74, 6) is -1.14.